The van der Waals surface area contributed by atoms with E-state index in [1.807, 2.05) is 0 Å². The van der Waals surface area contributed by atoms with Crippen LogP contribution in [-0.2, 0) is 14.3 Å². The average molecular weight is 212 g/mol. The van der Waals surface area contributed by atoms with E-state index in [4.69, 9.17) is 9.84 Å². The van der Waals surface area contributed by atoms with E-state index in [0.29, 0.717) is 11.8 Å². The van der Waals surface area contributed by atoms with Gasteiger partial charge in [0.15, 0.2) is 0 Å². The predicted octanol–water partition coefficient (Wildman–Crippen LogP) is 1.29. The molecule has 0 aliphatic heterocycles. The van der Waals surface area contributed by atoms with Crippen molar-refractivity contribution in [2.24, 2.45) is 23.7 Å². The van der Waals surface area contributed by atoms with Gasteiger partial charge in [0.25, 0.3) is 0 Å². The van der Waals surface area contributed by atoms with Crippen molar-refractivity contribution in [2.75, 3.05) is 0 Å². The molecule has 2 fully saturated rings. The first kappa shape index (κ1) is 10.5. The van der Waals surface area contributed by atoms with E-state index in [1.165, 1.54) is 6.92 Å². The van der Waals surface area contributed by atoms with Crippen molar-refractivity contribution in [1.82, 2.24) is 0 Å². The fourth-order valence-corrected chi connectivity index (χ4v) is 3.23. The molecule has 0 amide bonds. The molecule has 2 rings (SSSR count). The Kier molecular flexibility index (Phi) is 2.44. The zero-order valence-corrected chi connectivity index (χ0v) is 8.97. The van der Waals surface area contributed by atoms with Gasteiger partial charge in [-0.1, -0.05) is 6.92 Å². The molecule has 0 aromatic heterocycles. The highest BCUT2D eigenvalue weighted by Crippen LogP contribution is 2.52. The van der Waals surface area contributed by atoms with E-state index in [2.05, 4.69) is 6.92 Å². The Balaban J connectivity index is 2.12. The van der Waals surface area contributed by atoms with Crippen molar-refractivity contribution >= 4 is 11.9 Å². The monoisotopic (exact) mass is 212 g/mol. The third-order valence-electron chi connectivity index (χ3n) is 3.95. The van der Waals surface area contributed by atoms with Crippen LogP contribution in [0, 0.1) is 23.7 Å². The minimum absolute atomic E-state index is 0.0337. The van der Waals surface area contributed by atoms with Gasteiger partial charge in [-0.15, -0.1) is 0 Å². The zero-order chi connectivity index (χ0) is 11.2. The standard InChI is InChI=1S/C11H16O4/c1-5-7-3-8(9(4-7)11(13)14)10(5)15-6(2)12/h5,7-10H,3-4H2,1-2H3,(H,13,14)/t5-,7+,8?,9?,10?/m1/s1. The number of fused-ring (bicyclic) bond motifs is 2. The Labute approximate surface area is 88.6 Å². The first-order chi connectivity index (χ1) is 7.00. The van der Waals surface area contributed by atoms with E-state index < -0.39 is 5.97 Å². The maximum atomic E-state index is 11.0. The third kappa shape index (κ3) is 1.62. The second-order valence-electron chi connectivity index (χ2n) is 4.77. The lowest BCUT2D eigenvalue weighted by molar-refractivity contribution is -0.159. The van der Waals surface area contributed by atoms with Crippen LogP contribution < -0.4 is 0 Å². The van der Waals surface area contributed by atoms with Gasteiger partial charge >= 0.3 is 11.9 Å². The summed E-state index contributed by atoms with van der Waals surface area (Å²) in [5, 5.41) is 9.03. The SMILES string of the molecule is CC(=O)OC1C2C[C@@H](CC2C(=O)O)[C@H]1C. The van der Waals surface area contributed by atoms with Crippen LogP contribution in [0.4, 0.5) is 0 Å². The van der Waals surface area contributed by atoms with E-state index >= 15 is 0 Å². The largest absolute Gasteiger partial charge is 0.481 e. The van der Waals surface area contributed by atoms with E-state index in [-0.39, 0.29) is 23.9 Å². The lowest BCUT2D eigenvalue weighted by Crippen LogP contribution is -2.37. The maximum absolute atomic E-state index is 11.0. The van der Waals surface area contributed by atoms with Crippen LogP contribution in [0.5, 0.6) is 0 Å². The molecule has 2 aliphatic rings. The smallest absolute Gasteiger partial charge is 0.306 e. The summed E-state index contributed by atoms with van der Waals surface area (Å²) in [6.45, 7) is 3.44. The molecule has 0 radical (unpaired) electrons. The lowest BCUT2D eigenvalue weighted by Gasteiger charge is -2.31. The molecule has 0 heterocycles. The number of carbonyl (C=O) groups is 2. The highest BCUT2D eigenvalue weighted by Gasteiger charge is 2.54. The Hall–Kier alpha value is -1.06. The van der Waals surface area contributed by atoms with Crippen molar-refractivity contribution in [3.63, 3.8) is 0 Å². The summed E-state index contributed by atoms with van der Waals surface area (Å²) in [4.78, 5) is 21.9. The van der Waals surface area contributed by atoms with Crippen molar-refractivity contribution in [3.8, 4) is 0 Å². The van der Waals surface area contributed by atoms with Gasteiger partial charge < -0.3 is 9.84 Å². The van der Waals surface area contributed by atoms with Crippen molar-refractivity contribution in [3.05, 3.63) is 0 Å². The zero-order valence-electron chi connectivity index (χ0n) is 8.97. The summed E-state index contributed by atoms with van der Waals surface area (Å²) in [5.41, 5.74) is 0. The Morgan fingerprint density at radius 3 is 2.47 bits per heavy atom. The first-order valence-corrected chi connectivity index (χ1v) is 5.40. The van der Waals surface area contributed by atoms with Crippen molar-refractivity contribution in [2.45, 2.75) is 32.8 Å². The highest BCUT2D eigenvalue weighted by molar-refractivity contribution is 5.71. The van der Waals surface area contributed by atoms with Crippen LogP contribution in [0.2, 0.25) is 0 Å². The molecular weight excluding hydrogens is 196 g/mol. The minimum atomic E-state index is -0.744. The van der Waals surface area contributed by atoms with E-state index in [0.717, 1.165) is 12.8 Å². The van der Waals surface area contributed by atoms with Gasteiger partial charge in [0, 0.05) is 12.8 Å². The van der Waals surface area contributed by atoms with Crippen LogP contribution in [0.15, 0.2) is 0 Å². The van der Waals surface area contributed by atoms with Crippen LogP contribution in [-0.4, -0.2) is 23.1 Å². The molecule has 4 nitrogen and oxygen atoms in total. The van der Waals surface area contributed by atoms with Crippen LogP contribution in [0.3, 0.4) is 0 Å². The first-order valence-electron chi connectivity index (χ1n) is 5.40. The molecule has 5 atom stereocenters. The number of aliphatic carboxylic acids is 1. The van der Waals surface area contributed by atoms with Crippen LogP contribution >= 0.6 is 0 Å². The van der Waals surface area contributed by atoms with Gasteiger partial charge in [-0.3, -0.25) is 9.59 Å². The molecular formula is C11H16O4. The topological polar surface area (TPSA) is 63.6 Å². The van der Waals surface area contributed by atoms with Crippen LogP contribution in [0.1, 0.15) is 26.7 Å². The Bertz CT molecular complexity index is 299. The van der Waals surface area contributed by atoms with E-state index in [9.17, 15) is 9.59 Å². The molecule has 84 valence electrons. The number of carboxylic acid groups (broad SMARTS) is 1. The molecule has 2 saturated carbocycles. The Morgan fingerprint density at radius 1 is 1.33 bits per heavy atom. The molecule has 1 N–H and O–H groups in total. The van der Waals surface area contributed by atoms with Crippen LogP contribution in [0.25, 0.3) is 0 Å². The summed E-state index contributed by atoms with van der Waals surface area (Å²) >= 11 is 0. The van der Waals surface area contributed by atoms with Gasteiger partial charge in [0.1, 0.15) is 6.10 Å². The minimum Gasteiger partial charge on any atom is -0.481 e. The molecule has 15 heavy (non-hydrogen) atoms. The van der Waals surface area contributed by atoms with Gasteiger partial charge in [-0.2, -0.15) is 0 Å². The Morgan fingerprint density at radius 2 is 2.00 bits per heavy atom. The molecule has 4 heteroatoms. The molecule has 3 unspecified atom stereocenters. The highest BCUT2D eigenvalue weighted by atomic mass is 16.5. The predicted molar refractivity (Wildman–Crippen MR) is 52.1 cm³/mol. The molecule has 0 aromatic carbocycles. The maximum Gasteiger partial charge on any atom is 0.306 e. The second-order valence-corrected chi connectivity index (χ2v) is 4.77. The van der Waals surface area contributed by atoms with Gasteiger partial charge in [0.05, 0.1) is 5.92 Å². The normalized spacial score (nSPS) is 42.9. The molecule has 0 aromatic rings. The average Bonchev–Trinajstić information content (AvgIpc) is 2.66. The number of ether oxygens (including phenoxy) is 1. The summed E-state index contributed by atoms with van der Waals surface area (Å²) in [7, 11) is 0. The summed E-state index contributed by atoms with van der Waals surface area (Å²) in [6, 6.07) is 0. The second kappa shape index (κ2) is 3.51. The lowest BCUT2D eigenvalue weighted by atomic mass is 9.81. The quantitative estimate of drug-likeness (QED) is 0.701. The van der Waals surface area contributed by atoms with Crippen molar-refractivity contribution in [1.29, 1.82) is 0 Å². The van der Waals surface area contributed by atoms with Gasteiger partial charge in [-0.25, -0.2) is 0 Å². The number of esters is 1. The number of hydrogen-bond donors (Lipinski definition) is 1. The third-order valence-corrected chi connectivity index (χ3v) is 3.95. The summed E-state index contributed by atoms with van der Waals surface area (Å²) in [5.74, 6) is -0.591. The number of rotatable bonds is 2. The fraction of sp³-hybridized carbons (Fsp3) is 0.818. The summed E-state index contributed by atoms with van der Waals surface area (Å²) < 4.78 is 5.24. The van der Waals surface area contributed by atoms with Gasteiger partial charge in [-0.05, 0) is 24.7 Å². The van der Waals surface area contributed by atoms with Crippen molar-refractivity contribution < 1.29 is 19.4 Å². The van der Waals surface area contributed by atoms with E-state index in [1.54, 1.807) is 0 Å². The molecule has 0 spiro atoms. The summed E-state index contributed by atoms with van der Waals surface area (Å²) in [6.07, 6.45) is 1.47. The number of carbonyl (C=O) groups excluding carboxylic acids is 1. The number of hydrogen-bond acceptors (Lipinski definition) is 3. The number of carboxylic acids is 1. The van der Waals surface area contributed by atoms with Gasteiger partial charge in [0.2, 0.25) is 0 Å². The molecule has 2 bridgehead atoms. The molecule has 0 saturated heterocycles. The fourth-order valence-electron chi connectivity index (χ4n) is 3.23. The molecule has 2 aliphatic carbocycles.